The highest BCUT2D eigenvalue weighted by atomic mass is 32.2. The van der Waals surface area contributed by atoms with Crippen molar-refractivity contribution in [2.24, 2.45) is 0 Å². The lowest BCUT2D eigenvalue weighted by Gasteiger charge is -2.36. The van der Waals surface area contributed by atoms with E-state index in [0.717, 1.165) is 44.5 Å². The number of anilines is 1. The van der Waals surface area contributed by atoms with Crippen molar-refractivity contribution >= 4 is 26.6 Å². The second-order valence-corrected chi connectivity index (χ2v) is 8.97. The molecule has 1 aliphatic heterocycles. The zero-order valence-corrected chi connectivity index (χ0v) is 17.2. The third kappa shape index (κ3) is 4.93. The molecular formula is C22H26N4O2S. The Balaban J connectivity index is 1.24. The van der Waals surface area contributed by atoms with Gasteiger partial charge in [-0.3, -0.25) is 4.90 Å². The standard InChI is InChI=1S/C22H26N4O2S/c27-29(28,22-12-11-19-7-4-5-10-21(19)24-22)23-13-6-14-25-15-17-26(18-16-25)20-8-2-1-3-9-20/h1-5,7-12,23H,6,13-18H2. The van der Waals surface area contributed by atoms with Gasteiger partial charge in [-0.2, -0.15) is 0 Å². The van der Waals surface area contributed by atoms with Crippen LogP contribution in [0.2, 0.25) is 0 Å². The van der Waals surface area contributed by atoms with Crippen molar-refractivity contribution in [2.45, 2.75) is 11.4 Å². The van der Waals surface area contributed by atoms with Crippen molar-refractivity contribution in [1.82, 2.24) is 14.6 Å². The summed E-state index contributed by atoms with van der Waals surface area (Å²) in [5, 5.41) is 1.01. The molecule has 0 saturated carbocycles. The molecule has 1 saturated heterocycles. The molecule has 1 fully saturated rings. The number of piperazine rings is 1. The van der Waals surface area contributed by atoms with Gasteiger partial charge in [-0.1, -0.05) is 36.4 Å². The first kappa shape index (κ1) is 19.8. The number of nitrogens with one attached hydrogen (secondary N) is 1. The number of para-hydroxylation sites is 2. The fourth-order valence-electron chi connectivity index (χ4n) is 3.65. The van der Waals surface area contributed by atoms with Gasteiger partial charge in [-0.25, -0.2) is 18.1 Å². The number of fused-ring (bicyclic) bond motifs is 1. The number of hydrogen-bond acceptors (Lipinski definition) is 5. The lowest BCUT2D eigenvalue weighted by atomic mass is 10.2. The van der Waals surface area contributed by atoms with Gasteiger partial charge in [-0.05, 0) is 43.3 Å². The van der Waals surface area contributed by atoms with Crippen LogP contribution in [-0.2, 0) is 10.0 Å². The molecule has 3 aromatic rings. The Morgan fingerprint density at radius 3 is 2.38 bits per heavy atom. The largest absolute Gasteiger partial charge is 0.369 e. The lowest BCUT2D eigenvalue weighted by Crippen LogP contribution is -2.47. The summed E-state index contributed by atoms with van der Waals surface area (Å²) in [4.78, 5) is 9.07. The SMILES string of the molecule is O=S(=O)(NCCCN1CCN(c2ccccc2)CC1)c1ccc2ccccc2n1. The first-order valence-electron chi connectivity index (χ1n) is 10.00. The minimum atomic E-state index is -3.59. The highest BCUT2D eigenvalue weighted by Crippen LogP contribution is 2.16. The molecule has 0 atom stereocenters. The normalized spacial score (nSPS) is 15.7. The summed E-state index contributed by atoms with van der Waals surface area (Å²) in [6.07, 6.45) is 0.776. The molecule has 0 aliphatic carbocycles. The van der Waals surface area contributed by atoms with Gasteiger partial charge in [0.15, 0.2) is 5.03 Å². The molecule has 0 bridgehead atoms. The Morgan fingerprint density at radius 2 is 1.59 bits per heavy atom. The Hall–Kier alpha value is -2.48. The monoisotopic (exact) mass is 410 g/mol. The fourth-order valence-corrected chi connectivity index (χ4v) is 4.68. The van der Waals surface area contributed by atoms with Crippen LogP contribution in [0.4, 0.5) is 5.69 Å². The zero-order chi connectivity index (χ0) is 20.1. The Kier molecular flexibility index (Phi) is 6.08. The van der Waals surface area contributed by atoms with Crippen LogP contribution in [-0.4, -0.2) is 57.6 Å². The van der Waals surface area contributed by atoms with Crippen molar-refractivity contribution in [3.63, 3.8) is 0 Å². The molecule has 1 aromatic heterocycles. The molecule has 6 nitrogen and oxygen atoms in total. The summed E-state index contributed by atoms with van der Waals surface area (Å²) in [7, 11) is -3.59. The molecule has 4 rings (SSSR count). The number of sulfonamides is 1. The van der Waals surface area contributed by atoms with Gasteiger partial charge in [0.25, 0.3) is 10.0 Å². The van der Waals surface area contributed by atoms with Gasteiger partial charge in [0.05, 0.1) is 5.52 Å². The summed E-state index contributed by atoms with van der Waals surface area (Å²) in [5.41, 5.74) is 1.95. The van der Waals surface area contributed by atoms with Crippen molar-refractivity contribution in [3.05, 3.63) is 66.7 Å². The van der Waals surface area contributed by atoms with Crippen LogP contribution in [0, 0.1) is 0 Å². The second-order valence-electron chi connectivity index (χ2n) is 7.26. The predicted octanol–water partition coefficient (Wildman–Crippen LogP) is 2.73. The van der Waals surface area contributed by atoms with Crippen LogP contribution >= 0.6 is 0 Å². The summed E-state index contributed by atoms with van der Waals surface area (Å²) in [6, 6.07) is 21.3. The number of pyridine rings is 1. The number of rotatable bonds is 7. The summed E-state index contributed by atoms with van der Waals surface area (Å²) in [5.74, 6) is 0. The third-order valence-corrected chi connectivity index (χ3v) is 6.65. The van der Waals surface area contributed by atoms with Crippen molar-refractivity contribution in [3.8, 4) is 0 Å². The maximum absolute atomic E-state index is 12.5. The Morgan fingerprint density at radius 1 is 0.862 bits per heavy atom. The van der Waals surface area contributed by atoms with Crippen molar-refractivity contribution in [2.75, 3.05) is 44.2 Å². The number of benzene rings is 2. The zero-order valence-electron chi connectivity index (χ0n) is 16.4. The molecule has 0 spiro atoms. The molecule has 2 heterocycles. The summed E-state index contributed by atoms with van der Waals surface area (Å²) in [6.45, 7) is 5.28. The first-order valence-corrected chi connectivity index (χ1v) is 11.5. The van der Waals surface area contributed by atoms with Gasteiger partial charge >= 0.3 is 0 Å². The molecule has 7 heteroatoms. The van der Waals surface area contributed by atoms with Gasteiger partial charge in [0, 0.05) is 43.8 Å². The third-order valence-electron chi connectivity index (χ3n) is 5.29. The Labute approximate surface area is 172 Å². The topological polar surface area (TPSA) is 65.5 Å². The van der Waals surface area contributed by atoms with Crippen molar-refractivity contribution in [1.29, 1.82) is 0 Å². The molecule has 0 unspecified atom stereocenters. The molecule has 152 valence electrons. The Bertz CT molecular complexity index is 1050. The van der Waals surface area contributed by atoms with E-state index in [1.54, 1.807) is 12.1 Å². The van der Waals surface area contributed by atoms with Crippen molar-refractivity contribution < 1.29 is 8.42 Å². The van der Waals surface area contributed by atoms with Gasteiger partial charge in [0.1, 0.15) is 0 Å². The van der Waals surface area contributed by atoms with Crippen LogP contribution in [0.5, 0.6) is 0 Å². The first-order chi connectivity index (χ1) is 14.1. The highest BCUT2D eigenvalue weighted by Gasteiger charge is 2.18. The molecule has 1 N–H and O–H groups in total. The molecule has 0 amide bonds. The van der Waals surface area contributed by atoms with Gasteiger partial charge in [0.2, 0.25) is 0 Å². The van der Waals surface area contributed by atoms with E-state index >= 15 is 0 Å². The van der Waals surface area contributed by atoms with E-state index in [2.05, 4.69) is 43.8 Å². The number of hydrogen-bond donors (Lipinski definition) is 1. The maximum atomic E-state index is 12.5. The fraction of sp³-hybridized carbons (Fsp3) is 0.318. The predicted molar refractivity (Wildman–Crippen MR) is 117 cm³/mol. The highest BCUT2D eigenvalue weighted by molar-refractivity contribution is 7.89. The smallest absolute Gasteiger partial charge is 0.258 e. The van der Waals surface area contributed by atoms with Crippen LogP contribution in [0.3, 0.4) is 0 Å². The number of aromatic nitrogens is 1. The maximum Gasteiger partial charge on any atom is 0.258 e. The molecular weight excluding hydrogens is 384 g/mol. The quantitative estimate of drug-likeness (QED) is 0.607. The van der Waals surface area contributed by atoms with E-state index in [-0.39, 0.29) is 5.03 Å². The van der Waals surface area contributed by atoms with Crippen LogP contribution in [0.1, 0.15) is 6.42 Å². The summed E-state index contributed by atoms with van der Waals surface area (Å²) >= 11 is 0. The lowest BCUT2D eigenvalue weighted by molar-refractivity contribution is 0.255. The molecule has 1 aliphatic rings. The van der Waals surface area contributed by atoms with E-state index in [1.807, 2.05) is 30.3 Å². The summed E-state index contributed by atoms with van der Waals surface area (Å²) < 4.78 is 27.8. The minimum absolute atomic E-state index is 0.0766. The van der Waals surface area contributed by atoms with Crippen LogP contribution in [0.15, 0.2) is 71.8 Å². The van der Waals surface area contributed by atoms with E-state index in [9.17, 15) is 8.42 Å². The number of nitrogens with zero attached hydrogens (tertiary/aromatic N) is 3. The van der Waals surface area contributed by atoms with E-state index in [0.29, 0.717) is 12.1 Å². The van der Waals surface area contributed by atoms with E-state index < -0.39 is 10.0 Å². The van der Waals surface area contributed by atoms with Gasteiger partial charge < -0.3 is 4.90 Å². The van der Waals surface area contributed by atoms with Crippen LogP contribution < -0.4 is 9.62 Å². The van der Waals surface area contributed by atoms with Crippen LogP contribution in [0.25, 0.3) is 10.9 Å². The van der Waals surface area contributed by atoms with E-state index in [1.165, 1.54) is 5.69 Å². The molecule has 0 radical (unpaired) electrons. The molecule has 29 heavy (non-hydrogen) atoms. The second kappa shape index (κ2) is 8.90. The van der Waals surface area contributed by atoms with E-state index in [4.69, 9.17) is 0 Å². The average molecular weight is 411 g/mol. The van der Waals surface area contributed by atoms with Gasteiger partial charge in [-0.15, -0.1) is 0 Å². The minimum Gasteiger partial charge on any atom is -0.369 e. The average Bonchev–Trinajstić information content (AvgIpc) is 2.77. The molecule has 2 aromatic carbocycles.